The summed E-state index contributed by atoms with van der Waals surface area (Å²) in [5.41, 5.74) is 1.77. The van der Waals surface area contributed by atoms with E-state index in [1.54, 1.807) is 12.3 Å². The van der Waals surface area contributed by atoms with Crippen molar-refractivity contribution < 1.29 is 9.50 Å². The van der Waals surface area contributed by atoms with Gasteiger partial charge in [-0.2, -0.15) is 0 Å². The van der Waals surface area contributed by atoms with Crippen LogP contribution in [0, 0.1) is 5.82 Å². The van der Waals surface area contributed by atoms with Crippen molar-refractivity contribution in [3.05, 3.63) is 41.8 Å². The molecule has 0 unspecified atom stereocenters. The van der Waals surface area contributed by atoms with Gasteiger partial charge in [-0.1, -0.05) is 0 Å². The fourth-order valence-corrected chi connectivity index (χ4v) is 2.67. The summed E-state index contributed by atoms with van der Waals surface area (Å²) < 4.78 is 13.4. The maximum absolute atomic E-state index is 13.4. The Morgan fingerprint density at radius 1 is 1.33 bits per heavy atom. The van der Waals surface area contributed by atoms with Gasteiger partial charge in [0.25, 0.3) is 0 Å². The van der Waals surface area contributed by atoms with Crippen molar-refractivity contribution in [2.75, 3.05) is 13.1 Å². The monoisotopic (exact) mass is 246 g/mol. The second kappa shape index (κ2) is 4.63. The standard InChI is InChI=1S/C14H15FN2O/c15-9-1-2-13-12(7-9)10(4-6-17-13)11-3-5-16-8-14(11)18/h1-2,4,6-7,11,14,16,18H,3,5,8H2/t11-,14-/m1/s1. The third kappa shape index (κ3) is 1.98. The molecule has 4 heteroatoms. The Morgan fingerprint density at radius 3 is 3.06 bits per heavy atom. The molecular weight excluding hydrogens is 231 g/mol. The highest BCUT2D eigenvalue weighted by atomic mass is 19.1. The average Bonchev–Trinajstić information content (AvgIpc) is 2.39. The summed E-state index contributed by atoms with van der Waals surface area (Å²) >= 11 is 0. The van der Waals surface area contributed by atoms with Gasteiger partial charge >= 0.3 is 0 Å². The smallest absolute Gasteiger partial charge is 0.123 e. The molecular formula is C14H15FN2O. The van der Waals surface area contributed by atoms with Crippen LogP contribution in [0.3, 0.4) is 0 Å². The number of β-amino-alcohol motifs (C(OH)–C–C–N with tert-alkyl or cyclic N) is 1. The van der Waals surface area contributed by atoms with Crippen LogP contribution in [0.2, 0.25) is 0 Å². The van der Waals surface area contributed by atoms with Crippen LogP contribution < -0.4 is 5.32 Å². The second-order valence-corrected chi connectivity index (χ2v) is 4.73. The van der Waals surface area contributed by atoms with Gasteiger partial charge in [0.1, 0.15) is 5.82 Å². The first-order valence-corrected chi connectivity index (χ1v) is 6.18. The zero-order chi connectivity index (χ0) is 12.5. The van der Waals surface area contributed by atoms with Crippen molar-refractivity contribution in [1.29, 1.82) is 0 Å². The molecule has 1 saturated heterocycles. The topological polar surface area (TPSA) is 45.1 Å². The van der Waals surface area contributed by atoms with Crippen LogP contribution in [-0.2, 0) is 0 Å². The van der Waals surface area contributed by atoms with Gasteiger partial charge in [-0.15, -0.1) is 0 Å². The first-order valence-electron chi connectivity index (χ1n) is 6.18. The molecule has 0 saturated carbocycles. The number of rotatable bonds is 1. The Kier molecular flexibility index (Phi) is 2.97. The molecule has 1 aromatic carbocycles. The SMILES string of the molecule is O[C@@H]1CNCC[C@@H]1c1ccnc2ccc(F)cc12. The highest BCUT2D eigenvalue weighted by Gasteiger charge is 2.25. The lowest BCUT2D eigenvalue weighted by Gasteiger charge is -2.29. The number of pyridine rings is 1. The van der Waals surface area contributed by atoms with Gasteiger partial charge in [-0.3, -0.25) is 4.98 Å². The molecule has 1 fully saturated rings. The Morgan fingerprint density at radius 2 is 2.22 bits per heavy atom. The summed E-state index contributed by atoms with van der Waals surface area (Å²) in [4.78, 5) is 4.24. The number of halogens is 1. The van der Waals surface area contributed by atoms with Crippen LogP contribution >= 0.6 is 0 Å². The normalized spacial score (nSPS) is 24.3. The third-order valence-electron chi connectivity index (χ3n) is 3.59. The van der Waals surface area contributed by atoms with Gasteiger partial charge < -0.3 is 10.4 Å². The number of hydrogen-bond donors (Lipinski definition) is 2. The molecule has 1 aromatic heterocycles. The molecule has 0 spiro atoms. The summed E-state index contributed by atoms with van der Waals surface area (Å²) in [7, 11) is 0. The maximum Gasteiger partial charge on any atom is 0.123 e. The summed E-state index contributed by atoms with van der Waals surface area (Å²) in [6.45, 7) is 1.46. The van der Waals surface area contributed by atoms with E-state index in [0.29, 0.717) is 6.54 Å². The molecule has 3 nitrogen and oxygen atoms in total. The molecule has 0 aliphatic carbocycles. The quantitative estimate of drug-likeness (QED) is 0.806. The van der Waals surface area contributed by atoms with Crippen LogP contribution in [0.5, 0.6) is 0 Å². The van der Waals surface area contributed by atoms with Crippen LogP contribution in [0.1, 0.15) is 17.9 Å². The lowest BCUT2D eigenvalue weighted by molar-refractivity contribution is 0.119. The number of nitrogens with one attached hydrogen (secondary N) is 1. The summed E-state index contributed by atoms with van der Waals surface area (Å²) in [5, 5.41) is 14.0. The Labute approximate surface area is 105 Å². The van der Waals surface area contributed by atoms with E-state index < -0.39 is 6.10 Å². The lowest BCUT2D eigenvalue weighted by atomic mass is 9.86. The summed E-state index contributed by atoms with van der Waals surface area (Å²) in [6, 6.07) is 6.49. The van der Waals surface area contributed by atoms with E-state index in [2.05, 4.69) is 10.3 Å². The second-order valence-electron chi connectivity index (χ2n) is 4.73. The number of aliphatic hydroxyl groups is 1. The first kappa shape index (κ1) is 11.6. The van der Waals surface area contributed by atoms with E-state index in [1.165, 1.54) is 12.1 Å². The van der Waals surface area contributed by atoms with Crippen LogP contribution in [0.15, 0.2) is 30.5 Å². The third-order valence-corrected chi connectivity index (χ3v) is 3.59. The minimum atomic E-state index is -0.424. The van der Waals surface area contributed by atoms with Crippen LogP contribution in [0.25, 0.3) is 10.9 Å². The van der Waals surface area contributed by atoms with Gasteiger partial charge in [0.2, 0.25) is 0 Å². The lowest BCUT2D eigenvalue weighted by Crippen LogP contribution is -2.39. The van der Waals surface area contributed by atoms with E-state index in [9.17, 15) is 9.50 Å². The molecule has 3 rings (SSSR count). The van der Waals surface area contributed by atoms with E-state index in [4.69, 9.17) is 0 Å². The van der Waals surface area contributed by atoms with E-state index in [-0.39, 0.29) is 11.7 Å². The van der Waals surface area contributed by atoms with Crippen molar-refractivity contribution >= 4 is 10.9 Å². The molecule has 18 heavy (non-hydrogen) atoms. The molecule has 2 heterocycles. The highest BCUT2D eigenvalue weighted by molar-refractivity contribution is 5.82. The minimum absolute atomic E-state index is 0.0542. The molecule has 2 N–H and O–H groups in total. The van der Waals surface area contributed by atoms with Gasteiger partial charge in [0.05, 0.1) is 11.6 Å². The van der Waals surface area contributed by atoms with E-state index in [1.807, 2.05) is 6.07 Å². The molecule has 0 radical (unpaired) electrons. The number of benzene rings is 1. The zero-order valence-corrected chi connectivity index (χ0v) is 9.94. The van der Waals surface area contributed by atoms with Crippen molar-refractivity contribution in [2.24, 2.45) is 0 Å². The largest absolute Gasteiger partial charge is 0.391 e. The maximum atomic E-state index is 13.4. The molecule has 2 aromatic rings. The number of aliphatic hydroxyl groups excluding tert-OH is 1. The molecule has 0 amide bonds. The van der Waals surface area contributed by atoms with E-state index in [0.717, 1.165) is 29.4 Å². The molecule has 1 aliphatic heterocycles. The van der Waals surface area contributed by atoms with Crippen molar-refractivity contribution in [2.45, 2.75) is 18.4 Å². The number of hydrogen-bond acceptors (Lipinski definition) is 3. The predicted molar refractivity (Wildman–Crippen MR) is 67.9 cm³/mol. The van der Waals surface area contributed by atoms with Crippen LogP contribution in [-0.4, -0.2) is 29.3 Å². The van der Waals surface area contributed by atoms with Gasteiger partial charge in [-0.05, 0) is 42.8 Å². The number of piperidine rings is 1. The average molecular weight is 246 g/mol. The number of aromatic nitrogens is 1. The van der Waals surface area contributed by atoms with Crippen molar-refractivity contribution in [3.63, 3.8) is 0 Å². The van der Waals surface area contributed by atoms with Crippen molar-refractivity contribution in [1.82, 2.24) is 10.3 Å². The zero-order valence-electron chi connectivity index (χ0n) is 9.94. The Balaban J connectivity index is 2.12. The van der Waals surface area contributed by atoms with Gasteiger partial charge in [0, 0.05) is 24.0 Å². The summed E-state index contributed by atoms with van der Waals surface area (Å²) in [6.07, 6.45) is 2.16. The molecule has 94 valence electrons. The van der Waals surface area contributed by atoms with Crippen molar-refractivity contribution in [3.8, 4) is 0 Å². The van der Waals surface area contributed by atoms with Gasteiger partial charge in [0.15, 0.2) is 0 Å². The van der Waals surface area contributed by atoms with E-state index >= 15 is 0 Å². The Bertz CT molecular complexity index is 573. The predicted octanol–water partition coefficient (Wildman–Crippen LogP) is 1.81. The fraction of sp³-hybridized carbons (Fsp3) is 0.357. The van der Waals surface area contributed by atoms with Crippen LogP contribution in [0.4, 0.5) is 4.39 Å². The molecule has 0 bridgehead atoms. The first-order chi connectivity index (χ1) is 8.75. The van der Waals surface area contributed by atoms with Gasteiger partial charge in [-0.25, -0.2) is 4.39 Å². The Hall–Kier alpha value is -1.52. The molecule has 1 aliphatic rings. The number of nitrogens with zero attached hydrogens (tertiary/aromatic N) is 1. The minimum Gasteiger partial charge on any atom is -0.391 e. The number of fused-ring (bicyclic) bond motifs is 1. The summed E-state index contributed by atoms with van der Waals surface area (Å²) in [5.74, 6) is -0.210. The molecule has 2 atom stereocenters. The fourth-order valence-electron chi connectivity index (χ4n) is 2.67. The highest BCUT2D eigenvalue weighted by Crippen LogP contribution is 2.31.